The van der Waals surface area contributed by atoms with Crippen LogP contribution in [0.4, 0.5) is 4.39 Å². The summed E-state index contributed by atoms with van der Waals surface area (Å²) in [6.07, 6.45) is 3.82. The summed E-state index contributed by atoms with van der Waals surface area (Å²) in [5, 5.41) is 14.8. The van der Waals surface area contributed by atoms with Gasteiger partial charge in [-0.05, 0) is 44.1 Å². The molecule has 3 N–H and O–H groups in total. The molecule has 3 heterocycles. The van der Waals surface area contributed by atoms with E-state index in [0.29, 0.717) is 17.1 Å². The van der Waals surface area contributed by atoms with Crippen molar-refractivity contribution in [2.75, 3.05) is 13.1 Å². The van der Waals surface area contributed by atoms with E-state index in [1.807, 2.05) is 10.9 Å². The van der Waals surface area contributed by atoms with E-state index < -0.39 is 17.3 Å². The normalized spacial score (nSPS) is 15.1. The summed E-state index contributed by atoms with van der Waals surface area (Å²) in [6.45, 7) is 2.10. The lowest BCUT2D eigenvalue weighted by atomic mass is 10.1. The number of aromatic nitrogens is 4. The molecule has 1 amide bonds. The number of hydrogen-bond donors (Lipinski definition) is 3. The summed E-state index contributed by atoms with van der Waals surface area (Å²) in [5.41, 5.74) is 0.654. The van der Waals surface area contributed by atoms with Crippen LogP contribution in [0.25, 0.3) is 10.9 Å². The number of H-pyrrole nitrogens is 1. The van der Waals surface area contributed by atoms with Crippen LogP contribution in [0.2, 0.25) is 0 Å². The second-order valence-electron chi connectivity index (χ2n) is 6.59. The van der Waals surface area contributed by atoms with Crippen molar-refractivity contribution in [3.8, 4) is 0 Å². The highest BCUT2D eigenvalue weighted by Gasteiger charge is 2.17. The third kappa shape index (κ3) is 3.72. The van der Waals surface area contributed by atoms with Gasteiger partial charge in [-0.2, -0.15) is 0 Å². The largest absolute Gasteiger partial charge is 0.346 e. The molecule has 140 valence electrons. The van der Waals surface area contributed by atoms with Gasteiger partial charge in [0.05, 0.1) is 29.9 Å². The predicted octanol–water partition coefficient (Wildman–Crippen LogP) is 1.11. The number of hydrogen-bond acceptors (Lipinski definition) is 5. The summed E-state index contributed by atoms with van der Waals surface area (Å²) in [4.78, 5) is 26.9. The zero-order valence-electron chi connectivity index (χ0n) is 14.5. The van der Waals surface area contributed by atoms with E-state index in [1.165, 1.54) is 24.3 Å². The molecular formula is C18H19FN6O2. The van der Waals surface area contributed by atoms with Gasteiger partial charge >= 0.3 is 0 Å². The average Bonchev–Trinajstić information content (AvgIpc) is 3.15. The third-order valence-corrected chi connectivity index (χ3v) is 4.72. The molecule has 27 heavy (non-hydrogen) atoms. The number of halogens is 1. The van der Waals surface area contributed by atoms with Crippen LogP contribution < -0.4 is 16.2 Å². The van der Waals surface area contributed by atoms with Gasteiger partial charge in [-0.25, -0.2) is 9.07 Å². The van der Waals surface area contributed by atoms with Crippen LogP contribution >= 0.6 is 0 Å². The smallest absolute Gasteiger partial charge is 0.252 e. The fourth-order valence-electron chi connectivity index (χ4n) is 3.33. The van der Waals surface area contributed by atoms with E-state index in [-0.39, 0.29) is 17.6 Å². The van der Waals surface area contributed by atoms with Gasteiger partial charge in [-0.1, -0.05) is 5.21 Å². The fourth-order valence-corrected chi connectivity index (χ4v) is 3.33. The summed E-state index contributed by atoms with van der Waals surface area (Å²) in [6, 6.07) is 5.44. The van der Waals surface area contributed by atoms with Crippen molar-refractivity contribution in [2.24, 2.45) is 0 Å². The average molecular weight is 370 g/mol. The van der Waals surface area contributed by atoms with Crippen molar-refractivity contribution in [3.63, 3.8) is 0 Å². The van der Waals surface area contributed by atoms with E-state index in [4.69, 9.17) is 0 Å². The Balaban J connectivity index is 1.49. The Kier molecular flexibility index (Phi) is 4.68. The SMILES string of the molecule is O=C(NCc1cn(C2CCNCC2)nn1)c1cc(=O)[nH]c2cc(F)ccc12. The zero-order valence-corrected chi connectivity index (χ0v) is 14.5. The molecule has 0 spiro atoms. The minimum Gasteiger partial charge on any atom is -0.346 e. The van der Waals surface area contributed by atoms with Crippen molar-refractivity contribution < 1.29 is 9.18 Å². The lowest BCUT2D eigenvalue weighted by Gasteiger charge is -2.22. The molecule has 3 aromatic rings. The molecule has 1 aromatic carbocycles. The molecule has 0 unspecified atom stereocenters. The van der Waals surface area contributed by atoms with E-state index in [1.54, 1.807) is 0 Å². The van der Waals surface area contributed by atoms with Crippen LogP contribution in [0.5, 0.6) is 0 Å². The van der Waals surface area contributed by atoms with Crippen molar-refractivity contribution in [3.05, 3.63) is 57.9 Å². The van der Waals surface area contributed by atoms with Crippen LogP contribution in [0.15, 0.2) is 35.3 Å². The summed E-state index contributed by atoms with van der Waals surface area (Å²) >= 11 is 0. The number of piperidine rings is 1. The third-order valence-electron chi connectivity index (χ3n) is 4.72. The van der Waals surface area contributed by atoms with E-state index >= 15 is 0 Å². The number of carbonyl (C=O) groups is 1. The van der Waals surface area contributed by atoms with E-state index in [9.17, 15) is 14.0 Å². The lowest BCUT2D eigenvalue weighted by molar-refractivity contribution is 0.0952. The number of carbonyl (C=O) groups excluding carboxylic acids is 1. The van der Waals surface area contributed by atoms with Gasteiger partial charge in [0.1, 0.15) is 11.5 Å². The first-order valence-corrected chi connectivity index (χ1v) is 8.82. The highest BCUT2D eigenvalue weighted by atomic mass is 19.1. The Morgan fingerprint density at radius 3 is 2.93 bits per heavy atom. The minimum absolute atomic E-state index is 0.194. The van der Waals surface area contributed by atoms with Gasteiger partial charge in [0.2, 0.25) is 5.56 Å². The second kappa shape index (κ2) is 7.28. The number of fused-ring (bicyclic) bond motifs is 1. The molecule has 0 aliphatic carbocycles. The Hall–Kier alpha value is -3.07. The Morgan fingerprint density at radius 1 is 1.30 bits per heavy atom. The molecule has 1 aliphatic rings. The number of aromatic amines is 1. The van der Waals surface area contributed by atoms with Gasteiger partial charge < -0.3 is 15.6 Å². The molecule has 0 radical (unpaired) electrons. The molecule has 2 aromatic heterocycles. The van der Waals surface area contributed by atoms with Crippen LogP contribution in [0.3, 0.4) is 0 Å². The van der Waals surface area contributed by atoms with Gasteiger partial charge in [-0.3, -0.25) is 9.59 Å². The van der Waals surface area contributed by atoms with Crippen LogP contribution in [0.1, 0.15) is 34.9 Å². The first kappa shape index (κ1) is 17.3. The van der Waals surface area contributed by atoms with Crippen LogP contribution in [0, 0.1) is 5.82 Å². The molecule has 0 saturated carbocycles. The topological polar surface area (TPSA) is 105 Å². The predicted molar refractivity (Wildman–Crippen MR) is 96.9 cm³/mol. The maximum absolute atomic E-state index is 13.4. The number of rotatable bonds is 4. The first-order chi connectivity index (χ1) is 13.1. The monoisotopic (exact) mass is 370 g/mol. The highest BCUT2D eigenvalue weighted by Crippen LogP contribution is 2.18. The molecule has 1 fully saturated rings. The summed E-state index contributed by atoms with van der Waals surface area (Å²) in [5.74, 6) is -0.903. The standard InChI is InChI=1S/C18H19FN6O2/c19-11-1-2-14-15(8-17(26)22-16(14)7-11)18(27)21-9-12-10-25(24-23-12)13-3-5-20-6-4-13/h1-2,7-8,10,13,20H,3-6,9H2,(H,21,27)(H,22,26). The van der Waals surface area contributed by atoms with Crippen molar-refractivity contribution in [1.29, 1.82) is 0 Å². The quantitative estimate of drug-likeness (QED) is 0.638. The van der Waals surface area contributed by atoms with Crippen LogP contribution in [-0.2, 0) is 6.54 Å². The second-order valence-corrected chi connectivity index (χ2v) is 6.59. The molecule has 0 bridgehead atoms. The fraction of sp³-hybridized carbons (Fsp3) is 0.333. The number of benzene rings is 1. The number of pyridine rings is 1. The molecule has 8 nitrogen and oxygen atoms in total. The van der Waals surface area contributed by atoms with Crippen LogP contribution in [-0.4, -0.2) is 39.0 Å². The minimum atomic E-state index is -0.481. The summed E-state index contributed by atoms with van der Waals surface area (Å²) < 4.78 is 15.2. The number of nitrogens with zero attached hydrogens (tertiary/aromatic N) is 3. The van der Waals surface area contributed by atoms with Gasteiger partial charge in [0, 0.05) is 11.5 Å². The van der Waals surface area contributed by atoms with Gasteiger partial charge in [-0.15, -0.1) is 5.10 Å². The maximum Gasteiger partial charge on any atom is 0.252 e. The molecule has 1 aliphatic heterocycles. The van der Waals surface area contributed by atoms with Gasteiger partial charge in [0.15, 0.2) is 0 Å². The Labute approximate surface area is 153 Å². The van der Waals surface area contributed by atoms with Crippen molar-refractivity contribution in [2.45, 2.75) is 25.4 Å². The van der Waals surface area contributed by atoms with Crippen molar-refractivity contribution in [1.82, 2.24) is 30.6 Å². The molecule has 0 atom stereocenters. The summed E-state index contributed by atoms with van der Waals surface area (Å²) in [7, 11) is 0. The molecule has 9 heteroatoms. The number of nitrogens with one attached hydrogen (secondary N) is 3. The lowest BCUT2D eigenvalue weighted by Crippen LogP contribution is -2.29. The van der Waals surface area contributed by atoms with E-state index in [0.717, 1.165) is 25.9 Å². The number of amides is 1. The Morgan fingerprint density at radius 2 is 2.11 bits per heavy atom. The molecular weight excluding hydrogens is 351 g/mol. The maximum atomic E-state index is 13.4. The highest BCUT2D eigenvalue weighted by molar-refractivity contribution is 6.05. The van der Waals surface area contributed by atoms with Gasteiger partial charge in [0.25, 0.3) is 5.91 Å². The zero-order chi connectivity index (χ0) is 18.8. The molecule has 4 rings (SSSR count). The molecule has 1 saturated heterocycles. The Bertz CT molecular complexity index is 1040. The first-order valence-electron chi connectivity index (χ1n) is 8.82. The van der Waals surface area contributed by atoms with Crippen molar-refractivity contribution >= 4 is 16.8 Å². The van der Waals surface area contributed by atoms with E-state index in [2.05, 4.69) is 25.9 Å².